The van der Waals surface area contributed by atoms with E-state index in [4.69, 9.17) is 15.2 Å². The van der Waals surface area contributed by atoms with Crippen LogP contribution in [0.1, 0.15) is 12.8 Å². The summed E-state index contributed by atoms with van der Waals surface area (Å²) in [5, 5.41) is 2.83. The summed E-state index contributed by atoms with van der Waals surface area (Å²) in [6.07, 6.45) is 4.13. The summed E-state index contributed by atoms with van der Waals surface area (Å²) in [5.41, 5.74) is 6.09. The molecule has 1 fully saturated rings. The first kappa shape index (κ1) is 15.5. The van der Waals surface area contributed by atoms with Crippen LogP contribution in [-0.4, -0.2) is 29.6 Å². The van der Waals surface area contributed by atoms with E-state index in [1.165, 1.54) is 0 Å². The number of carbonyl (C=O) groups is 1. The van der Waals surface area contributed by atoms with Crippen molar-refractivity contribution in [1.29, 1.82) is 0 Å². The fraction of sp³-hybridized carbons (Fsp3) is 0.294. The molecule has 6 heteroatoms. The number of benzene rings is 1. The molecular weight excluding hydrogens is 294 g/mol. The number of hydrogen-bond acceptors (Lipinski definition) is 5. The van der Waals surface area contributed by atoms with E-state index in [9.17, 15) is 4.79 Å². The number of nitrogens with one attached hydrogen (secondary N) is 1. The highest BCUT2D eigenvalue weighted by Gasteiger charge is 2.30. The lowest BCUT2D eigenvalue weighted by Gasteiger charge is -2.15. The Morgan fingerprint density at radius 3 is 2.87 bits per heavy atom. The van der Waals surface area contributed by atoms with Crippen LogP contribution in [0.25, 0.3) is 0 Å². The summed E-state index contributed by atoms with van der Waals surface area (Å²) in [5.74, 6) is 1.02. The number of pyridine rings is 1. The summed E-state index contributed by atoms with van der Waals surface area (Å²) in [6.45, 7) is 0.430. The number of nitrogens with zero attached hydrogens (tertiary/aromatic N) is 1. The molecule has 1 amide bonds. The van der Waals surface area contributed by atoms with Gasteiger partial charge in [-0.1, -0.05) is 18.2 Å². The van der Waals surface area contributed by atoms with Crippen molar-refractivity contribution in [2.75, 3.05) is 11.9 Å². The average Bonchev–Trinajstić information content (AvgIpc) is 3.07. The van der Waals surface area contributed by atoms with Crippen LogP contribution < -0.4 is 15.8 Å². The molecule has 0 radical (unpaired) electrons. The zero-order chi connectivity index (χ0) is 16.1. The molecule has 0 aliphatic carbocycles. The standard InChI is InChI=1S/C17H19N3O3/c18-10-13-6-7-16(23-13)17(21)20-14-11-19-9-8-15(14)22-12-4-2-1-3-5-12/h1-5,8-9,11,13,16H,6-7,10,18H2,(H,20,21)/t13-,16+/m1/s1. The molecule has 1 saturated heterocycles. The van der Waals surface area contributed by atoms with Gasteiger partial charge in [-0.3, -0.25) is 9.78 Å². The smallest absolute Gasteiger partial charge is 0.253 e. The summed E-state index contributed by atoms with van der Waals surface area (Å²) < 4.78 is 11.4. The van der Waals surface area contributed by atoms with Gasteiger partial charge >= 0.3 is 0 Å². The Labute approximate surface area is 134 Å². The molecule has 0 saturated carbocycles. The summed E-state index contributed by atoms with van der Waals surface area (Å²) in [6, 6.07) is 11.1. The van der Waals surface area contributed by atoms with Crippen molar-refractivity contribution in [3.8, 4) is 11.5 Å². The highest BCUT2D eigenvalue weighted by molar-refractivity contribution is 5.95. The summed E-state index contributed by atoms with van der Waals surface area (Å²) >= 11 is 0. The molecule has 1 aliphatic heterocycles. The predicted molar refractivity (Wildman–Crippen MR) is 86.3 cm³/mol. The minimum Gasteiger partial charge on any atom is -0.455 e. The Bertz CT molecular complexity index is 663. The number of ether oxygens (including phenoxy) is 2. The van der Waals surface area contributed by atoms with Gasteiger partial charge in [-0.15, -0.1) is 0 Å². The molecule has 1 aromatic carbocycles. The van der Waals surface area contributed by atoms with E-state index in [0.29, 0.717) is 30.2 Å². The van der Waals surface area contributed by atoms with Gasteiger partial charge in [0, 0.05) is 18.8 Å². The maximum absolute atomic E-state index is 12.3. The van der Waals surface area contributed by atoms with Crippen LogP contribution in [0, 0.1) is 0 Å². The largest absolute Gasteiger partial charge is 0.455 e. The van der Waals surface area contributed by atoms with Crippen molar-refractivity contribution < 1.29 is 14.3 Å². The molecule has 23 heavy (non-hydrogen) atoms. The van der Waals surface area contributed by atoms with Gasteiger partial charge in [0.25, 0.3) is 5.91 Å². The molecular formula is C17H19N3O3. The second kappa shape index (κ2) is 7.21. The molecule has 2 aromatic rings. The fourth-order valence-corrected chi connectivity index (χ4v) is 2.47. The van der Waals surface area contributed by atoms with E-state index < -0.39 is 6.10 Å². The Morgan fingerprint density at radius 1 is 1.30 bits per heavy atom. The van der Waals surface area contributed by atoms with Crippen molar-refractivity contribution in [3.63, 3.8) is 0 Å². The van der Waals surface area contributed by atoms with Gasteiger partial charge in [0.05, 0.1) is 12.3 Å². The number of aromatic nitrogens is 1. The molecule has 120 valence electrons. The van der Waals surface area contributed by atoms with Crippen LogP contribution >= 0.6 is 0 Å². The van der Waals surface area contributed by atoms with Gasteiger partial charge in [-0.2, -0.15) is 0 Å². The average molecular weight is 313 g/mol. The van der Waals surface area contributed by atoms with Gasteiger partial charge in [0.15, 0.2) is 5.75 Å². The summed E-state index contributed by atoms with van der Waals surface area (Å²) in [4.78, 5) is 16.4. The monoisotopic (exact) mass is 313 g/mol. The van der Waals surface area contributed by atoms with E-state index in [1.807, 2.05) is 30.3 Å². The van der Waals surface area contributed by atoms with Gasteiger partial charge in [-0.25, -0.2) is 0 Å². The second-order valence-corrected chi connectivity index (χ2v) is 5.34. The molecule has 0 bridgehead atoms. The zero-order valence-electron chi connectivity index (χ0n) is 12.6. The van der Waals surface area contributed by atoms with Crippen molar-refractivity contribution in [2.24, 2.45) is 5.73 Å². The third-order valence-electron chi connectivity index (χ3n) is 3.67. The Kier molecular flexibility index (Phi) is 4.85. The lowest BCUT2D eigenvalue weighted by atomic mass is 10.2. The van der Waals surface area contributed by atoms with Gasteiger partial charge < -0.3 is 20.5 Å². The van der Waals surface area contributed by atoms with Crippen LogP contribution in [0.4, 0.5) is 5.69 Å². The number of nitrogens with two attached hydrogens (primary N) is 1. The van der Waals surface area contributed by atoms with Gasteiger partial charge in [0.2, 0.25) is 0 Å². The molecule has 6 nitrogen and oxygen atoms in total. The maximum Gasteiger partial charge on any atom is 0.253 e. The van der Waals surface area contributed by atoms with E-state index in [1.54, 1.807) is 18.5 Å². The number of amides is 1. The topological polar surface area (TPSA) is 86.5 Å². The molecule has 0 unspecified atom stereocenters. The van der Waals surface area contributed by atoms with Crippen molar-refractivity contribution in [3.05, 3.63) is 48.8 Å². The van der Waals surface area contributed by atoms with Crippen LogP contribution in [0.2, 0.25) is 0 Å². The number of para-hydroxylation sites is 1. The quantitative estimate of drug-likeness (QED) is 0.884. The van der Waals surface area contributed by atoms with Crippen LogP contribution in [0.15, 0.2) is 48.8 Å². The molecule has 0 spiro atoms. The van der Waals surface area contributed by atoms with E-state index in [0.717, 1.165) is 6.42 Å². The lowest BCUT2D eigenvalue weighted by molar-refractivity contribution is -0.126. The molecule has 1 aromatic heterocycles. The fourth-order valence-electron chi connectivity index (χ4n) is 2.47. The van der Waals surface area contributed by atoms with Gasteiger partial charge in [0.1, 0.15) is 17.5 Å². The minimum absolute atomic E-state index is 0.0420. The van der Waals surface area contributed by atoms with Crippen LogP contribution in [-0.2, 0) is 9.53 Å². The summed E-state index contributed by atoms with van der Waals surface area (Å²) in [7, 11) is 0. The third kappa shape index (κ3) is 3.85. The van der Waals surface area contributed by atoms with Crippen molar-refractivity contribution >= 4 is 11.6 Å². The number of carbonyl (C=O) groups excluding carboxylic acids is 1. The first-order valence-corrected chi connectivity index (χ1v) is 7.59. The number of anilines is 1. The molecule has 3 N–H and O–H groups in total. The molecule has 3 rings (SSSR count). The van der Waals surface area contributed by atoms with E-state index in [-0.39, 0.29) is 12.0 Å². The van der Waals surface area contributed by atoms with Crippen LogP contribution in [0.5, 0.6) is 11.5 Å². The Morgan fingerprint density at radius 2 is 2.13 bits per heavy atom. The minimum atomic E-state index is -0.478. The first-order chi connectivity index (χ1) is 11.3. The van der Waals surface area contributed by atoms with Crippen molar-refractivity contribution in [1.82, 2.24) is 4.98 Å². The first-order valence-electron chi connectivity index (χ1n) is 7.59. The molecule has 2 atom stereocenters. The van der Waals surface area contributed by atoms with Crippen molar-refractivity contribution in [2.45, 2.75) is 25.0 Å². The Balaban J connectivity index is 1.69. The molecule has 1 aliphatic rings. The highest BCUT2D eigenvalue weighted by atomic mass is 16.5. The molecule has 2 heterocycles. The maximum atomic E-state index is 12.3. The highest BCUT2D eigenvalue weighted by Crippen LogP contribution is 2.29. The second-order valence-electron chi connectivity index (χ2n) is 5.34. The normalized spacial score (nSPS) is 20.2. The zero-order valence-corrected chi connectivity index (χ0v) is 12.6. The Hall–Kier alpha value is -2.44. The third-order valence-corrected chi connectivity index (χ3v) is 3.67. The van der Waals surface area contributed by atoms with Crippen LogP contribution in [0.3, 0.4) is 0 Å². The van der Waals surface area contributed by atoms with E-state index >= 15 is 0 Å². The predicted octanol–water partition coefficient (Wildman–Crippen LogP) is 2.32. The SMILES string of the molecule is NC[C@H]1CC[C@@H](C(=O)Nc2cnccc2Oc2ccccc2)O1. The van der Waals surface area contributed by atoms with E-state index in [2.05, 4.69) is 10.3 Å². The number of hydrogen-bond donors (Lipinski definition) is 2. The lowest BCUT2D eigenvalue weighted by Crippen LogP contribution is -2.29. The number of rotatable bonds is 5. The van der Waals surface area contributed by atoms with Gasteiger partial charge in [-0.05, 0) is 25.0 Å².